The zero-order valence-corrected chi connectivity index (χ0v) is 21.7. The number of carbonyl (C=O) groups is 1. The van der Waals surface area contributed by atoms with E-state index >= 15 is 0 Å². The summed E-state index contributed by atoms with van der Waals surface area (Å²) in [5.74, 6) is -0.0838. The molecular formula is C29H30F3N5O. The number of nitrogens with zero attached hydrogens (tertiary/aromatic N) is 5. The number of aryl methyl sites for hydroxylation is 1. The first kappa shape index (κ1) is 25.9. The number of aromatic nitrogens is 3. The lowest BCUT2D eigenvalue weighted by atomic mass is 10.0. The van der Waals surface area contributed by atoms with Crippen molar-refractivity contribution in [1.82, 2.24) is 24.4 Å². The Labute approximate surface area is 219 Å². The Bertz CT molecular complexity index is 1430. The highest BCUT2D eigenvalue weighted by atomic mass is 19.4. The summed E-state index contributed by atoms with van der Waals surface area (Å²) in [5.41, 5.74) is 3.23. The maximum Gasteiger partial charge on any atom is 0.433 e. The van der Waals surface area contributed by atoms with Crippen LogP contribution in [0, 0.1) is 6.92 Å². The lowest BCUT2D eigenvalue weighted by Crippen LogP contribution is -2.48. The largest absolute Gasteiger partial charge is 0.433 e. The maximum atomic E-state index is 14.0. The number of hydrogen-bond donors (Lipinski definition) is 0. The predicted molar refractivity (Wildman–Crippen MR) is 140 cm³/mol. The molecule has 0 bridgehead atoms. The summed E-state index contributed by atoms with van der Waals surface area (Å²) in [6.45, 7) is 9.25. The van der Waals surface area contributed by atoms with Gasteiger partial charge in [0, 0.05) is 44.4 Å². The van der Waals surface area contributed by atoms with Crippen LogP contribution in [0.3, 0.4) is 0 Å². The number of hydrogen-bond acceptors (Lipinski definition) is 4. The molecule has 2 aromatic carbocycles. The molecule has 0 atom stereocenters. The van der Waals surface area contributed by atoms with Crippen molar-refractivity contribution >= 4 is 11.6 Å². The van der Waals surface area contributed by atoms with E-state index in [4.69, 9.17) is 0 Å². The predicted octanol–water partition coefficient (Wildman–Crippen LogP) is 5.80. The second kappa shape index (κ2) is 10.2. The summed E-state index contributed by atoms with van der Waals surface area (Å²) in [6, 6.07) is 18.0. The molecule has 3 heterocycles. The molecule has 38 heavy (non-hydrogen) atoms. The molecule has 0 N–H and O–H groups in total. The highest BCUT2D eigenvalue weighted by molar-refractivity contribution is 5.93. The Kier molecular flexibility index (Phi) is 6.96. The highest BCUT2D eigenvalue weighted by Gasteiger charge is 2.36. The van der Waals surface area contributed by atoms with Crippen LogP contribution in [0.1, 0.15) is 52.6 Å². The summed E-state index contributed by atoms with van der Waals surface area (Å²) in [6.07, 6.45) is -4.66. The lowest BCUT2D eigenvalue weighted by Gasteiger charge is -2.34. The summed E-state index contributed by atoms with van der Waals surface area (Å²) >= 11 is 0. The number of carbonyl (C=O) groups excluding carboxylic acids is 1. The summed E-state index contributed by atoms with van der Waals surface area (Å²) in [5, 5.41) is 4.05. The minimum Gasteiger partial charge on any atom is -0.335 e. The van der Waals surface area contributed by atoms with E-state index in [0.29, 0.717) is 37.7 Å². The molecule has 9 heteroatoms. The second-order valence-corrected chi connectivity index (χ2v) is 10.2. The smallest absolute Gasteiger partial charge is 0.335 e. The molecular weight excluding hydrogens is 491 g/mol. The molecule has 5 rings (SSSR count). The van der Waals surface area contributed by atoms with Gasteiger partial charge in [0.25, 0.3) is 5.91 Å². The van der Waals surface area contributed by atoms with Crippen LogP contribution in [0.2, 0.25) is 0 Å². The van der Waals surface area contributed by atoms with Crippen LogP contribution in [-0.4, -0.2) is 56.5 Å². The van der Waals surface area contributed by atoms with Gasteiger partial charge in [0.05, 0.1) is 5.69 Å². The number of piperazine rings is 1. The molecule has 198 valence electrons. The second-order valence-electron chi connectivity index (χ2n) is 10.2. The van der Waals surface area contributed by atoms with Crippen LogP contribution in [0.15, 0.2) is 60.7 Å². The SMILES string of the molecule is Cc1ccc(CN2CCN(C(=O)c3cc4nc(-c5ccc(C(C)C)cc5)cc(C(F)(F)F)n4n3)CC2)cc1. The van der Waals surface area contributed by atoms with E-state index in [-0.39, 0.29) is 22.9 Å². The third kappa shape index (κ3) is 5.43. The van der Waals surface area contributed by atoms with E-state index in [0.717, 1.165) is 22.7 Å². The fraction of sp³-hybridized carbons (Fsp3) is 0.345. The summed E-state index contributed by atoms with van der Waals surface area (Å²) in [4.78, 5) is 21.5. The zero-order chi connectivity index (χ0) is 27.0. The molecule has 0 unspecified atom stereocenters. The third-order valence-electron chi connectivity index (χ3n) is 7.00. The van der Waals surface area contributed by atoms with Crippen molar-refractivity contribution in [3.8, 4) is 11.3 Å². The van der Waals surface area contributed by atoms with Gasteiger partial charge in [-0.3, -0.25) is 9.69 Å². The number of alkyl halides is 3. The first-order valence-corrected chi connectivity index (χ1v) is 12.7. The van der Waals surface area contributed by atoms with E-state index in [1.165, 1.54) is 17.2 Å². The van der Waals surface area contributed by atoms with Crippen LogP contribution in [0.4, 0.5) is 13.2 Å². The van der Waals surface area contributed by atoms with Crippen LogP contribution in [-0.2, 0) is 12.7 Å². The number of rotatable bonds is 5. The zero-order valence-electron chi connectivity index (χ0n) is 21.7. The Morgan fingerprint density at radius 2 is 1.61 bits per heavy atom. The molecule has 1 aliphatic heterocycles. The van der Waals surface area contributed by atoms with Crippen molar-refractivity contribution in [1.29, 1.82) is 0 Å². The summed E-state index contributed by atoms with van der Waals surface area (Å²) < 4.78 is 42.7. The Balaban J connectivity index is 1.37. The van der Waals surface area contributed by atoms with Gasteiger partial charge in [-0.05, 0) is 30.0 Å². The van der Waals surface area contributed by atoms with E-state index in [9.17, 15) is 18.0 Å². The van der Waals surface area contributed by atoms with Gasteiger partial charge < -0.3 is 4.90 Å². The molecule has 2 aromatic heterocycles. The number of fused-ring (bicyclic) bond motifs is 1. The number of amides is 1. The molecule has 1 amide bonds. The van der Waals surface area contributed by atoms with Crippen molar-refractivity contribution in [3.05, 3.63) is 88.7 Å². The Morgan fingerprint density at radius 1 is 0.947 bits per heavy atom. The maximum absolute atomic E-state index is 14.0. The van der Waals surface area contributed by atoms with Crippen molar-refractivity contribution in [2.45, 2.75) is 39.4 Å². The van der Waals surface area contributed by atoms with Crippen molar-refractivity contribution in [3.63, 3.8) is 0 Å². The van der Waals surface area contributed by atoms with Gasteiger partial charge in [-0.15, -0.1) is 0 Å². The quantitative estimate of drug-likeness (QED) is 0.333. The molecule has 0 aliphatic carbocycles. The Morgan fingerprint density at radius 3 is 2.21 bits per heavy atom. The normalized spacial score (nSPS) is 15.0. The van der Waals surface area contributed by atoms with Crippen molar-refractivity contribution in [2.24, 2.45) is 0 Å². The van der Waals surface area contributed by atoms with Gasteiger partial charge >= 0.3 is 6.18 Å². The number of halogens is 3. The van der Waals surface area contributed by atoms with Gasteiger partial charge in [0.2, 0.25) is 0 Å². The van der Waals surface area contributed by atoms with Crippen LogP contribution in [0.25, 0.3) is 16.9 Å². The molecule has 1 fully saturated rings. The molecule has 4 aromatic rings. The average molecular weight is 522 g/mol. The van der Waals surface area contributed by atoms with E-state index in [1.54, 1.807) is 17.0 Å². The topological polar surface area (TPSA) is 53.7 Å². The monoisotopic (exact) mass is 521 g/mol. The van der Waals surface area contributed by atoms with Gasteiger partial charge in [-0.2, -0.15) is 18.3 Å². The minimum atomic E-state index is -4.66. The van der Waals surface area contributed by atoms with E-state index < -0.39 is 11.9 Å². The molecule has 1 aliphatic rings. The van der Waals surface area contributed by atoms with Crippen molar-refractivity contribution < 1.29 is 18.0 Å². The average Bonchev–Trinajstić information content (AvgIpc) is 3.33. The van der Waals surface area contributed by atoms with Gasteiger partial charge in [0.15, 0.2) is 17.0 Å². The molecule has 0 saturated carbocycles. The van der Waals surface area contributed by atoms with Gasteiger partial charge in [-0.1, -0.05) is 67.9 Å². The third-order valence-corrected chi connectivity index (χ3v) is 7.00. The van der Waals surface area contributed by atoms with Gasteiger partial charge in [-0.25, -0.2) is 9.50 Å². The standard InChI is InChI=1S/C29H30F3N5O/c1-19(2)22-8-10-23(11-9-22)24-16-26(29(30,31)32)37-27(33-24)17-25(34-37)28(38)36-14-12-35(13-15-36)18-21-6-4-20(3)5-7-21/h4-11,16-17,19H,12-15,18H2,1-3H3. The first-order valence-electron chi connectivity index (χ1n) is 12.7. The molecule has 6 nitrogen and oxygen atoms in total. The lowest BCUT2D eigenvalue weighted by molar-refractivity contribution is -0.142. The van der Waals surface area contributed by atoms with Crippen LogP contribution < -0.4 is 0 Å². The van der Waals surface area contributed by atoms with Crippen molar-refractivity contribution in [2.75, 3.05) is 26.2 Å². The summed E-state index contributed by atoms with van der Waals surface area (Å²) in [7, 11) is 0. The molecule has 0 spiro atoms. The fourth-order valence-corrected chi connectivity index (χ4v) is 4.69. The molecule has 1 saturated heterocycles. The van der Waals surface area contributed by atoms with Gasteiger partial charge in [0.1, 0.15) is 0 Å². The van der Waals surface area contributed by atoms with Crippen LogP contribution in [0.5, 0.6) is 0 Å². The highest BCUT2D eigenvalue weighted by Crippen LogP contribution is 2.33. The fourth-order valence-electron chi connectivity index (χ4n) is 4.69. The van der Waals surface area contributed by atoms with Crippen LogP contribution >= 0.6 is 0 Å². The number of benzene rings is 2. The minimum absolute atomic E-state index is 0.0101. The van der Waals surface area contributed by atoms with E-state index in [1.807, 2.05) is 19.1 Å². The first-order chi connectivity index (χ1) is 18.1. The molecule has 0 radical (unpaired) electrons. The Hall–Kier alpha value is -3.72. The van der Waals surface area contributed by atoms with E-state index in [2.05, 4.69) is 53.1 Å².